The van der Waals surface area contributed by atoms with Gasteiger partial charge in [0.25, 0.3) is 0 Å². The highest BCUT2D eigenvalue weighted by atomic mass is 15.2. The molecular formula is C19H30N2. The largest absolute Gasteiger partial charge is 0.319 e. The maximum Gasteiger partial charge on any atom is 0.0177 e. The van der Waals surface area contributed by atoms with Gasteiger partial charge >= 0.3 is 0 Å². The van der Waals surface area contributed by atoms with Crippen LogP contribution in [0.5, 0.6) is 0 Å². The molecule has 1 aliphatic carbocycles. The molecule has 1 saturated carbocycles. The van der Waals surface area contributed by atoms with Gasteiger partial charge in [-0.05, 0) is 44.3 Å². The molecule has 3 unspecified atom stereocenters. The Labute approximate surface area is 129 Å². The molecule has 1 saturated heterocycles. The first-order chi connectivity index (χ1) is 10.2. The summed E-state index contributed by atoms with van der Waals surface area (Å²) >= 11 is 0. The molecule has 0 bridgehead atoms. The van der Waals surface area contributed by atoms with Crippen LogP contribution in [0.25, 0.3) is 0 Å². The van der Waals surface area contributed by atoms with E-state index in [-0.39, 0.29) is 5.41 Å². The number of nitrogens with one attached hydrogen (secondary N) is 1. The Morgan fingerprint density at radius 3 is 2.67 bits per heavy atom. The van der Waals surface area contributed by atoms with E-state index in [2.05, 4.69) is 54.5 Å². The van der Waals surface area contributed by atoms with Crippen LogP contribution in [0.3, 0.4) is 0 Å². The summed E-state index contributed by atoms with van der Waals surface area (Å²) in [6.45, 7) is 5.97. The fourth-order valence-electron chi connectivity index (χ4n) is 4.63. The molecule has 1 heterocycles. The van der Waals surface area contributed by atoms with E-state index in [1.165, 1.54) is 50.8 Å². The van der Waals surface area contributed by atoms with E-state index < -0.39 is 0 Å². The van der Waals surface area contributed by atoms with E-state index in [9.17, 15) is 0 Å². The molecule has 2 nitrogen and oxygen atoms in total. The van der Waals surface area contributed by atoms with Gasteiger partial charge in [-0.2, -0.15) is 0 Å². The van der Waals surface area contributed by atoms with Gasteiger partial charge in [0, 0.05) is 24.5 Å². The minimum Gasteiger partial charge on any atom is -0.319 e. The van der Waals surface area contributed by atoms with E-state index in [0.717, 1.165) is 18.5 Å². The lowest BCUT2D eigenvalue weighted by Gasteiger charge is -2.39. The minimum atomic E-state index is 0.211. The molecule has 2 aliphatic rings. The molecule has 2 heteroatoms. The lowest BCUT2D eigenvalue weighted by Crippen LogP contribution is -2.47. The lowest BCUT2D eigenvalue weighted by molar-refractivity contribution is 0.150. The molecule has 21 heavy (non-hydrogen) atoms. The van der Waals surface area contributed by atoms with Gasteiger partial charge in [-0.25, -0.2) is 0 Å². The Kier molecular flexibility index (Phi) is 4.66. The second-order valence-corrected chi connectivity index (χ2v) is 7.33. The van der Waals surface area contributed by atoms with Crippen molar-refractivity contribution in [2.75, 3.05) is 26.7 Å². The van der Waals surface area contributed by atoms with Crippen LogP contribution in [0.2, 0.25) is 0 Å². The molecule has 116 valence electrons. The van der Waals surface area contributed by atoms with Gasteiger partial charge in [-0.15, -0.1) is 0 Å². The highest BCUT2D eigenvalue weighted by Gasteiger charge is 2.39. The van der Waals surface area contributed by atoms with Crippen LogP contribution in [0, 0.1) is 5.92 Å². The minimum absolute atomic E-state index is 0.211. The van der Waals surface area contributed by atoms with Gasteiger partial charge in [0.05, 0.1) is 0 Å². The second-order valence-electron chi connectivity index (χ2n) is 7.33. The molecule has 0 radical (unpaired) electrons. The number of nitrogens with zero attached hydrogens (tertiary/aromatic N) is 1. The number of hydrogen-bond donors (Lipinski definition) is 1. The third kappa shape index (κ3) is 3.17. The van der Waals surface area contributed by atoms with Gasteiger partial charge in [0.1, 0.15) is 0 Å². The van der Waals surface area contributed by atoms with Crippen molar-refractivity contribution in [3.63, 3.8) is 0 Å². The van der Waals surface area contributed by atoms with Gasteiger partial charge in [-0.3, -0.25) is 4.90 Å². The number of benzene rings is 1. The zero-order chi connectivity index (χ0) is 14.7. The summed E-state index contributed by atoms with van der Waals surface area (Å²) in [6, 6.07) is 11.9. The third-order valence-electron chi connectivity index (χ3n) is 5.71. The van der Waals surface area contributed by atoms with Crippen molar-refractivity contribution in [2.24, 2.45) is 5.92 Å². The summed E-state index contributed by atoms with van der Waals surface area (Å²) in [5.41, 5.74) is 1.68. The summed E-state index contributed by atoms with van der Waals surface area (Å²) in [5.74, 6) is 0.980. The standard InChI is InChI=1S/C19H30N2/c1-19(14-20-2,17-9-4-3-5-10-17)15-21-13-12-16-8-6-7-11-18(16)21/h3-5,9-10,16,18,20H,6-8,11-15H2,1-2H3. The van der Waals surface area contributed by atoms with E-state index in [4.69, 9.17) is 0 Å². The zero-order valence-corrected chi connectivity index (χ0v) is 13.6. The van der Waals surface area contributed by atoms with E-state index >= 15 is 0 Å². The van der Waals surface area contributed by atoms with E-state index in [1.807, 2.05) is 0 Å². The topological polar surface area (TPSA) is 15.3 Å². The number of likely N-dealkylation sites (tertiary alicyclic amines) is 1. The van der Waals surface area contributed by atoms with Crippen molar-refractivity contribution in [3.8, 4) is 0 Å². The SMILES string of the molecule is CNCC(C)(CN1CCC2CCCCC21)c1ccccc1. The Hall–Kier alpha value is -0.860. The van der Waals surface area contributed by atoms with Crippen LogP contribution >= 0.6 is 0 Å². The molecule has 1 aromatic carbocycles. The molecule has 3 rings (SSSR count). The van der Waals surface area contributed by atoms with Crippen molar-refractivity contribution >= 4 is 0 Å². The average Bonchev–Trinajstić information content (AvgIpc) is 2.92. The van der Waals surface area contributed by atoms with Crippen molar-refractivity contribution < 1.29 is 0 Å². The Morgan fingerprint density at radius 1 is 1.14 bits per heavy atom. The molecule has 2 fully saturated rings. The Balaban J connectivity index is 1.76. The number of fused-ring (bicyclic) bond motifs is 1. The summed E-state index contributed by atoms with van der Waals surface area (Å²) in [5, 5.41) is 3.43. The number of rotatable bonds is 5. The molecule has 0 spiro atoms. The molecule has 1 aromatic rings. The van der Waals surface area contributed by atoms with Crippen molar-refractivity contribution in [3.05, 3.63) is 35.9 Å². The molecule has 3 atom stereocenters. The van der Waals surface area contributed by atoms with Gasteiger partial charge < -0.3 is 5.32 Å². The fourth-order valence-corrected chi connectivity index (χ4v) is 4.63. The van der Waals surface area contributed by atoms with Gasteiger partial charge in [0.2, 0.25) is 0 Å². The smallest absolute Gasteiger partial charge is 0.0177 e. The summed E-state index contributed by atoms with van der Waals surface area (Å²) < 4.78 is 0. The molecular weight excluding hydrogens is 256 g/mol. The van der Waals surface area contributed by atoms with Gasteiger partial charge in [0.15, 0.2) is 0 Å². The quantitative estimate of drug-likeness (QED) is 0.892. The molecule has 0 aromatic heterocycles. The van der Waals surface area contributed by atoms with Crippen molar-refractivity contribution in [2.45, 2.75) is 50.5 Å². The van der Waals surface area contributed by atoms with Crippen LogP contribution in [0.4, 0.5) is 0 Å². The summed E-state index contributed by atoms with van der Waals surface area (Å²) in [4.78, 5) is 2.80. The maximum absolute atomic E-state index is 3.43. The predicted molar refractivity (Wildman–Crippen MR) is 89.7 cm³/mol. The highest BCUT2D eigenvalue weighted by molar-refractivity contribution is 5.26. The van der Waals surface area contributed by atoms with Crippen molar-refractivity contribution in [1.82, 2.24) is 10.2 Å². The highest BCUT2D eigenvalue weighted by Crippen LogP contribution is 2.38. The normalized spacial score (nSPS) is 29.0. The van der Waals surface area contributed by atoms with Crippen LogP contribution in [-0.4, -0.2) is 37.6 Å². The summed E-state index contributed by atoms with van der Waals surface area (Å²) in [7, 11) is 2.08. The molecule has 1 N–H and O–H groups in total. The molecule has 0 amide bonds. The second kappa shape index (κ2) is 6.50. The number of likely N-dealkylation sites (N-methyl/N-ethyl adjacent to an activating group) is 1. The monoisotopic (exact) mass is 286 g/mol. The Bertz CT molecular complexity index is 444. The van der Waals surface area contributed by atoms with Crippen molar-refractivity contribution in [1.29, 1.82) is 0 Å². The summed E-state index contributed by atoms with van der Waals surface area (Å²) in [6.07, 6.45) is 7.21. The van der Waals surface area contributed by atoms with Gasteiger partial charge in [-0.1, -0.05) is 50.1 Å². The third-order valence-corrected chi connectivity index (χ3v) is 5.71. The first-order valence-corrected chi connectivity index (χ1v) is 8.67. The predicted octanol–water partition coefficient (Wildman–Crippen LogP) is 3.43. The van der Waals surface area contributed by atoms with Crippen LogP contribution in [-0.2, 0) is 5.41 Å². The van der Waals surface area contributed by atoms with Crippen LogP contribution in [0.15, 0.2) is 30.3 Å². The first-order valence-electron chi connectivity index (χ1n) is 8.67. The molecule has 1 aliphatic heterocycles. The van der Waals surface area contributed by atoms with Crippen LogP contribution in [0.1, 0.15) is 44.6 Å². The van der Waals surface area contributed by atoms with Crippen LogP contribution < -0.4 is 5.32 Å². The first kappa shape index (κ1) is 15.1. The lowest BCUT2D eigenvalue weighted by atomic mass is 9.80. The number of hydrogen-bond acceptors (Lipinski definition) is 2. The van der Waals surface area contributed by atoms with E-state index in [1.54, 1.807) is 0 Å². The maximum atomic E-state index is 3.43. The zero-order valence-electron chi connectivity index (χ0n) is 13.6. The average molecular weight is 286 g/mol. The van der Waals surface area contributed by atoms with E-state index in [0.29, 0.717) is 0 Å². The Morgan fingerprint density at radius 2 is 1.90 bits per heavy atom. The fraction of sp³-hybridized carbons (Fsp3) is 0.684.